The number of hydrogen-bond acceptors (Lipinski definition) is 3. The Morgan fingerprint density at radius 1 is 1.22 bits per heavy atom. The van der Waals surface area contributed by atoms with Crippen molar-refractivity contribution in [1.82, 2.24) is 10.6 Å². The van der Waals surface area contributed by atoms with Gasteiger partial charge in [0.2, 0.25) is 0 Å². The molecule has 0 aliphatic carbocycles. The number of benzene rings is 1. The second kappa shape index (κ2) is 10.6. The molecule has 23 heavy (non-hydrogen) atoms. The summed E-state index contributed by atoms with van der Waals surface area (Å²) >= 11 is 0. The molecule has 0 fully saturated rings. The average molecular weight is 329 g/mol. The van der Waals surface area contributed by atoms with Crippen LogP contribution in [0.1, 0.15) is 32.8 Å². The monoisotopic (exact) mass is 329 g/mol. The Kier molecular flexibility index (Phi) is 8.79. The van der Waals surface area contributed by atoms with Crippen LogP contribution in [-0.4, -0.2) is 32.3 Å². The van der Waals surface area contributed by atoms with E-state index in [1.165, 1.54) is 0 Å². The van der Waals surface area contributed by atoms with Crippen molar-refractivity contribution < 1.29 is 18.3 Å². The van der Waals surface area contributed by atoms with Gasteiger partial charge < -0.3 is 20.1 Å². The second-order valence-electron chi connectivity index (χ2n) is 4.68. The molecule has 0 aliphatic rings. The van der Waals surface area contributed by atoms with E-state index in [2.05, 4.69) is 27.3 Å². The third-order valence-corrected chi connectivity index (χ3v) is 2.86. The van der Waals surface area contributed by atoms with Gasteiger partial charge in [-0.25, -0.2) is 4.99 Å². The normalized spacial score (nSPS) is 11.5. The van der Waals surface area contributed by atoms with Gasteiger partial charge in [-0.2, -0.15) is 8.78 Å². The molecular formula is C16H25F2N3O2. The Morgan fingerprint density at radius 2 is 2.00 bits per heavy atom. The fourth-order valence-electron chi connectivity index (χ4n) is 1.93. The van der Waals surface area contributed by atoms with Crippen LogP contribution >= 0.6 is 0 Å². The number of hydrogen-bond donors (Lipinski definition) is 2. The van der Waals surface area contributed by atoms with Crippen molar-refractivity contribution in [1.29, 1.82) is 0 Å². The lowest BCUT2D eigenvalue weighted by molar-refractivity contribution is -0.0520. The minimum atomic E-state index is -2.91. The molecule has 1 rings (SSSR count). The minimum Gasteiger partial charge on any atom is -0.490 e. The maximum atomic E-state index is 12.7. The van der Waals surface area contributed by atoms with Crippen LogP contribution in [0.2, 0.25) is 0 Å². The van der Waals surface area contributed by atoms with Crippen molar-refractivity contribution >= 4 is 5.96 Å². The van der Waals surface area contributed by atoms with Crippen LogP contribution in [0.3, 0.4) is 0 Å². The van der Waals surface area contributed by atoms with E-state index in [0.29, 0.717) is 23.9 Å². The summed E-state index contributed by atoms with van der Waals surface area (Å²) < 4.78 is 35.3. The number of nitrogens with one attached hydrogen (secondary N) is 2. The highest BCUT2D eigenvalue weighted by Gasteiger charge is 2.15. The number of guanidine groups is 1. The zero-order valence-corrected chi connectivity index (χ0v) is 13.9. The fraction of sp³-hybridized carbons (Fsp3) is 0.562. The SMILES string of the molecule is CCCNC(=NCc1cccc(OCC)c1OC(F)F)NCC. The van der Waals surface area contributed by atoms with Crippen LogP contribution in [0.5, 0.6) is 11.5 Å². The quantitative estimate of drug-likeness (QED) is 0.540. The average Bonchev–Trinajstić information content (AvgIpc) is 2.52. The van der Waals surface area contributed by atoms with Gasteiger partial charge in [-0.3, -0.25) is 0 Å². The van der Waals surface area contributed by atoms with E-state index in [4.69, 9.17) is 4.74 Å². The Hall–Kier alpha value is -2.05. The van der Waals surface area contributed by atoms with Crippen LogP contribution in [0.4, 0.5) is 8.78 Å². The van der Waals surface area contributed by atoms with Gasteiger partial charge in [0.1, 0.15) is 0 Å². The molecule has 2 N–H and O–H groups in total. The van der Waals surface area contributed by atoms with E-state index in [9.17, 15) is 8.78 Å². The third-order valence-electron chi connectivity index (χ3n) is 2.86. The van der Waals surface area contributed by atoms with Gasteiger partial charge in [-0.1, -0.05) is 19.1 Å². The summed E-state index contributed by atoms with van der Waals surface area (Å²) in [5.41, 5.74) is 0.546. The Labute approximate surface area is 136 Å². The summed E-state index contributed by atoms with van der Waals surface area (Å²) in [4.78, 5) is 4.40. The lowest BCUT2D eigenvalue weighted by Gasteiger charge is -2.15. The topological polar surface area (TPSA) is 54.9 Å². The molecule has 0 aliphatic heterocycles. The molecule has 0 amide bonds. The first-order valence-electron chi connectivity index (χ1n) is 7.83. The molecule has 0 unspecified atom stereocenters. The van der Waals surface area contributed by atoms with E-state index in [-0.39, 0.29) is 12.3 Å². The van der Waals surface area contributed by atoms with Crippen molar-refractivity contribution in [3.05, 3.63) is 23.8 Å². The highest BCUT2D eigenvalue weighted by molar-refractivity contribution is 5.79. The number of alkyl halides is 2. The molecule has 0 bridgehead atoms. The second-order valence-corrected chi connectivity index (χ2v) is 4.68. The molecule has 130 valence electrons. The summed E-state index contributed by atoms with van der Waals surface area (Å²) in [6.07, 6.45) is 0.962. The summed E-state index contributed by atoms with van der Waals surface area (Å²) in [7, 11) is 0. The maximum absolute atomic E-state index is 12.7. The van der Waals surface area contributed by atoms with E-state index in [1.807, 2.05) is 6.92 Å². The third kappa shape index (κ3) is 6.71. The molecule has 0 heterocycles. The summed E-state index contributed by atoms with van der Waals surface area (Å²) in [5.74, 6) is 0.977. The molecule has 7 heteroatoms. The highest BCUT2D eigenvalue weighted by Crippen LogP contribution is 2.33. The van der Waals surface area contributed by atoms with Crippen molar-refractivity contribution in [2.24, 2.45) is 4.99 Å². The minimum absolute atomic E-state index is 0.0411. The van der Waals surface area contributed by atoms with E-state index in [0.717, 1.165) is 19.5 Å². The zero-order chi connectivity index (χ0) is 17.1. The first-order chi connectivity index (χ1) is 11.1. The number of aliphatic imine (C=N–C) groups is 1. The van der Waals surface area contributed by atoms with Crippen LogP contribution in [0.15, 0.2) is 23.2 Å². The van der Waals surface area contributed by atoms with E-state index in [1.54, 1.807) is 25.1 Å². The summed E-state index contributed by atoms with van der Waals surface area (Å²) in [6.45, 7) is 4.97. The Morgan fingerprint density at radius 3 is 2.61 bits per heavy atom. The van der Waals surface area contributed by atoms with Gasteiger partial charge >= 0.3 is 6.61 Å². The molecule has 1 aromatic carbocycles. The molecule has 0 aromatic heterocycles. The molecule has 0 spiro atoms. The van der Waals surface area contributed by atoms with Gasteiger partial charge in [0, 0.05) is 18.7 Å². The van der Waals surface area contributed by atoms with Crippen molar-refractivity contribution in [2.45, 2.75) is 40.3 Å². The van der Waals surface area contributed by atoms with Gasteiger partial charge in [-0.15, -0.1) is 0 Å². The van der Waals surface area contributed by atoms with E-state index < -0.39 is 6.61 Å². The maximum Gasteiger partial charge on any atom is 0.387 e. The number of rotatable bonds is 9. The molecule has 0 radical (unpaired) electrons. The first kappa shape index (κ1) is 19.0. The smallest absolute Gasteiger partial charge is 0.387 e. The fourth-order valence-corrected chi connectivity index (χ4v) is 1.93. The molecule has 1 aromatic rings. The van der Waals surface area contributed by atoms with Crippen LogP contribution in [0, 0.1) is 0 Å². The van der Waals surface area contributed by atoms with Crippen molar-refractivity contribution in [3.63, 3.8) is 0 Å². The van der Waals surface area contributed by atoms with Crippen LogP contribution in [0.25, 0.3) is 0 Å². The highest BCUT2D eigenvalue weighted by atomic mass is 19.3. The van der Waals surface area contributed by atoms with Crippen LogP contribution < -0.4 is 20.1 Å². The molecule has 5 nitrogen and oxygen atoms in total. The lowest BCUT2D eigenvalue weighted by atomic mass is 10.2. The lowest BCUT2D eigenvalue weighted by Crippen LogP contribution is -2.37. The molecule has 0 saturated carbocycles. The largest absolute Gasteiger partial charge is 0.490 e. The van der Waals surface area contributed by atoms with Crippen LogP contribution in [-0.2, 0) is 6.54 Å². The van der Waals surface area contributed by atoms with Gasteiger partial charge in [0.15, 0.2) is 17.5 Å². The number of nitrogens with zero attached hydrogens (tertiary/aromatic N) is 1. The van der Waals surface area contributed by atoms with Crippen molar-refractivity contribution in [3.8, 4) is 11.5 Å². The van der Waals surface area contributed by atoms with E-state index >= 15 is 0 Å². The predicted octanol–water partition coefficient (Wildman–Crippen LogP) is 3.15. The standard InChI is InChI=1S/C16H25F2N3O2/c1-4-10-20-16(19-5-2)21-11-12-8-7-9-13(22-6-3)14(12)23-15(17)18/h7-9,15H,4-6,10-11H2,1-3H3,(H2,19,20,21). The number of ether oxygens (including phenoxy) is 2. The molecular weight excluding hydrogens is 304 g/mol. The summed E-state index contributed by atoms with van der Waals surface area (Å²) in [6, 6.07) is 5.04. The molecule has 0 saturated heterocycles. The number of halogens is 2. The van der Waals surface area contributed by atoms with Gasteiger partial charge in [0.25, 0.3) is 0 Å². The molecule has 0 atom stereocenters. The summed E-state index contributed by atoms with van der Waals surface area (Å²) in [5, 5.41) is 6.27. The van der Waals surface area contributed by atoms with Gasteiger partial charge in [-0.05, 0) is 26.3 Å². The van der Waals surface area contributed by atoms with Gasteiger partial charge in [0.05, 0.1) is 13.2 Å². The number of para-hydroxylation sites is 1. The Balaban J connectivity index is 2.97. The predicted molar refractivity (Wildman–Crippen MR) is 87.4 cm³/mol. The van der Waals surface area contributed by atoms with Crippen molar-refractivity contribution in [2.75, 3.05) is 19.7 Å². The zero-order valence-electron chi connectivity index (χ0n) is 13.9. The Bertz CT molecular complexity index is 496. The first-order valence-corrected chi connectivity index (χ1v) is 7.83.